The van der Waals surface area contributed by atoms with Crippen LogP contribution in [0.5, 0.6) is 0 Å². The highest BCUT2D eigenvalue weighted by Crippen LogP contribution is 2.47. The molecular formula is C14H17N5O. The van der Waals surface area contributed by atoms with Crippen molar-refractivity contribution in [3.8, 4) is 0 Å². The summed E-state index contributed by atoms with van der Waals surface area (Å²) in [6.45, 7) is 0. The quantitative estimate of drug-likeness (QED) is 0.893. The number of H-pyrrole nitrogens is 1. The Morgan fingerprint density at radius 1 is 1.45 bits per heavy atom. The van der Waals surface area contributed by atoms with Crippen molar-refractivity contribution in [2.24, 2.45) is 5.92 Å². The van der Waals surface area contributed by atoms with E-state index in [-0.39, 0.29) is 17.7 Å². The predicted octanol–water partition coefficient (Wildman–Crippen LogP) is 2.07. The molecule has 0 bridgehead atoms. The number of rotatable bonds is 4. The van der Waals surface area contributed by atoms with Crippen molar-refractivity contribution in [3.63, 3.8) is 0 Å². The lowest BCUT2D eigenvalue weighted by molar-refractivity contribution is -0.117. The molecule has 2 aliphatic rings. The first kappa shape index (κ1) is 11.7. The zero-order chi connectivity index (χ0) is 13.5. The first-order valence-corrected chi connectivity index (χ1v) is 7.15. The number of nitrogens with one attached hydrogen (secondary N) is 2. The van der Waals surface area contributed by atoms with Crippen LogP contribution in [0.15, 0.2) is 24.8 Å². The first-order chi connectivity index (χ1) is 9.83. The van der Waals surface area contributed by atoms with Gasteiger partial charge < -0.3 is 10.3 Å². The predicted molar refractivity (Wildman–Crippen MR) is 73.2 cm³/mol. The minimum atomic E-state index is 0.0557. The molecule has 6 heteroatoms. The number of hydrogen-bond acceptors (Lipinski definition) is 3. The molecule has 104 valence electrons. The topological polar surface area (TPSA) is 75.6 Å². The minimum absolute atomic E-state index is 0.0557. The number of anilines is 1. The molecule has 4 rings (SSSR count). The summed E-state index contributed by atoms with van der Waals surface area (Å²) < 4.78 is 1.95. The average Bonchev–Trinajstić information content (AvgIpc) is 2.81. The summed E-state index contributed by atoms with van der Waals surface area (Å²) in [6, 6.07) is 2.34. The second-order valence-electron chi connectivity index (χ2n) is 5.69. The van der Waals surface area contributed by atoms with Crippen LogP contribution in [0.4, 0.5) is 5.82 Å². The molecule has 2 fully saturated rings. The zero-order valence-electron chi connectivity index (χ0n) is 11.1. The van der Waals surface area contributed by atoms with Gasteiger partial charge in [0.05, 0.1) is 18.6 Å². The Bertz CT molecular complexity index is 613. The van der Waals surface area contributed by atoms with Crippen LogP contribution in [0.3, 0.4) is 0 Å². The number of carbonyl (C=O) groups is 1. The largest absolute Gasteiger partial charge is 0.348 e. The fraction of sp³-hybridized carbons (Fsp3) is 0.500. The van der Waals surface area contributed by atoms with E-state index in [9.17, 15) is 4.79 Å². The minimum Gasteiger partial charge on any atom is -0.348 e. The summed E-state index contributed by atoms with van der Waals surface area (Å²) in [5.41, 5.74) is 1.05. The number of hydrogen-bond donors (Lipinski definition) is 2. The molecule has 2 aromatic rings. The Morgan fingerprint density at radius 3 is 3.05 bits per heavy atom. The van der Waals surface area contributed by atoms with Gasteiger partial charge in [-0.3, -0.25) is 4.79 Å². The lowest BCUT2D eigenvalue weighted by atomic mass is 9.93. The maximum absolute atomic E-state index is 12.3. The Labute approximate surface area is 116 Å². The van der Waals surface area contributed by atoms with Gasteiger partial charge in [-0.2, -0.15) is 5.10 Å². The third-order valence-corrected chi connectivity index (χ3v) is 4.39. The number of carbonyl (C=O) groups excluding carboxylic acids is 1. The van der Waals surface area contributed by atoms with Crippen LogP contribution in [0.2, 0.25) is 0 Å². The molecule has 6 nitrogen and oxygen atoms in total. The van der Waals surface area contributed by atoms with Gasteiger partial charge in [0.1, 0.15) is 5.82 Å². The SMILES string of the molecule is O=C(Nc1ccnn1C1CCC1)[C@@H]1C[C@H]1c1cnc[nH]1. The van der Waals surface area contributed by atoms with Crippen LogP contribution in [0.25, 0.3) is 0 Å². The van der Waals surface area contributed by atoms with Gasteiger partial charge in [0.25, 0.3) is 0 Å². The van der Waals surface area contributed by atoms with Crippen molar-refractivity contribution in [3.05, 3.63) is 30.5 Å². The van der Waals surface area contributed by atoms with Crippen LogP contribution >= 0.6 is 0 Å². The van der Waals surface area contributed by atoms with Gasteiger partial charge >= 0.3 is 0 Å². The van der Waals surface area contributed by atoms with E-state index in [4.69, 9.17) is 0 Å². The van der Waals surface area contributed by atoms with Gasteiger partial charge in [0.2, 0.25) is 5.91 Å². The molecular weight excluding hydrogens is 254 g/mol. The van der Waals surface area contributed by atoms with Gasteiger partial charge in [-0.15, -0.1) is 0 Å². The van der Waals surface area contributed by atoms with E-state index in [1.807, 2.05) is 10.7 Å². The molecule has 0 unspecified atom stereocenters. The summed E-state index contributed by atoms with van der Waals surface area (Å²) in [4.78, 5) is 19.4. The maximum atomic E-state index is 12.3. The van der Waals surface area contributed by atoms with Crippen molar-refractivity contribution in [1.82, 2.24) is 19.7 Å². The lowest BCUT2D eigenvalue weighted by Crippen LogP contribution is -2.23. The van der Waals surface area contributed by atoms with Gasteiger partial charge in [0.15, 0.2) is 0 Å². The second-order valence-corrected chi connectivity index (χ2v) is 5.69. The van der Waals surface area contributed by atoms with Crippen LogP contribution < -0.4 is 5.32 Å². The molecule has 2 atom stereocenters. The zero-order valence-corrected chi connectivity index (χ0v) is 11.1. The average molecular weight is 271 g/mol. The van der Waals surface area contributed by atoms with Crippen LogP contribution in [0, 0.1) is 5.92 Å². The van der Waals surface area contributed by atoms with Gasteiger partial charge in [0, 0.05) is 29.8 Å². The van der Waals surface area contributed by atoms with E-state index in [0.717, 1.165) is 30.8 Å². The number of imidazole rings is 1. The second kappa shape index (κ2) is 4.47. The van der Waals surface area contributed by atoms with Crippen LogP contribution in [-0.2, 0) is 4.79 Å². The molecule has 1 amide bonds. The van der Waals surface area contributed by atoms with E-state index in [1.54, 1.807) is 18.7 Å². The van der Waals surface area contributed by atoms with Crippen molar-refractivity contribution in [1.29, 1.82) is 0 Å². The third-order valence-electron chi connectivity index (χ3n) is 4.39. The summed E-state index contributed by atoms with van der Waals surface area (Å²) in [6.07, 6.45) is 9.68. The highest BCUT2D eigenvalue weighted by atomic mass is 16.2. The normalized spacial score (nSPS) is 25.2. The molecule has 2 aromatic heterocycles. The highest BCUT2D eigenvalue weighted by molar-refractivity contribution is 5.94. The van der Waals surface area contributed by atoms with Gasteiger partial charge in [-0.25, -0.2) is 9.67 Å². The molecule has 2 saturated carbocycles. The maximum Gasteiger partial charge on any atom is 0.229 e. The molecule has 2 aliphatic carbocycles. The molecule has 0 aliphatic heterocycles. The third kappa shape index (κ3) is 1.92. The highest BCUT2D eigenvalue weighted by Gasteiger charge is 2.45. The Hall–Kier alpha value is -2.11. The fourth-order valence-electron chi connectivity index (χ4n) is 2.85. The fourth-order valence-corrected chi connectivity index (χ4v) is 2.85. The number of aromatic nitrogens is 4. The van der Waals surface area contributed by atoms with Crippen LogP contribution in [-0.4, -0.2) is 25.7 Å². The summed E-state index contributed by atoms with van der Waals surface area (Å²) in [7, 11) is 0. The molecule has 0 spiro atoms. The summed E-state index contributed by atoms with van der Waals surface area (Å²) >= 11 is 0. The smallest absolute Gasteiger partial charge is 0.229 e. The van der Waals surface area contributed by atoms with Gasteiger partial charge in [-0.05, 0) is 25.7 Å². The summed E-state index contributed by atoms with van der Waals surface area (Å²) in [5.74, 6) is 1.26. The summed E-state index contributed by atoms with van der Waals surface area (Å²) in [5, 5.41) is 7.35. The molecule has 2 N–H and O–H groups in total. The van der Waals surface area contributed by atoms with E-state index in [2.05, 4.69) is 20.4 Å². The van der Waals surface area contributed by atoms with Gasteiger partial charge in [-0.1, -0.05) is 0 Å². The molecule has 20 heavy (non-hydrogen) atoms. The Kier molecular flexibility index (Phi) is 2.61. The van der Waals surface area contributed by atoms with Crippen molar-refractivity contribution >= 4 is 11.7 Å². The number of aromatic amines is 1. The van der Waals surface area contributed by atoms with Crippen molar-refractivity contribution in [2.75, 3.05) is 5.32 Å². The molecule has 0 radical (unpaired) electrons. The number of amides is 1. The van der Waals surface area contributed by atoms with E-state index >= 15 is 0 Å². The van der Waals surface area contributed by atoms with E-state index in [1.165, 1.54) is 6.42 Å². The van der Waals surface area contributed by atoms with Crippen molar-refractivity contribution in [2.45, 2.75) is 37.6 Å². The van der Waals surface area contributed by atoms with E-state index in [0.29, 0.717) is 6.04 Å². The monoisotopic (exact) mass is 271 g/mol. The Balaban J connectivity index is 1.42. The number of nitrogens with zero attached hydrogens (tertiary/aromatic N) is 3. The first-order valence-electron chi connectivity index (χ1n) is 7.15. The van der Waals surface area contributed by atoms with Crippen molar-refractivity contribution < 1.29 is 4.79 Å². The van der Waals surface area contributed by atoms with E-state index < -0.39 is 0 Å². The lowest BCUT2D eigenvalue weighted by Gasteiger charge is -2.27. The molecule has 2 heterocycles. The standard InChI is InChI=1S/C14H17N5O/c20-14(11-6-10(11)12-7-15-8-16-12)18-13-4-5-17-19(13)9-2-1-3-9/h4-5,7-11H,1-3,6H2,(H,15,16)(H,18,20)/t10-,11-/m1/s1. The Morgan fingerprint density at radius 2 is 2.35 bits per heavy atom. The molecule has 0 aromatic carbocycles. The molecule has 0 saturated heterocycles. The van der Waals surface area contributed by atoms with Crippen LogP contribution in [0.1, 0.15) is 43.3 Å².